The molecule has 0 radical (unpaired) electrons. The van der Waals surface area contributed by atoms with Crippen LogP contribution in [0.15, 0.2) is 48.5 Å². The number of hydrogen-bond acceptors (Lipinski definition) is 5. The number of ether oxygens (including phenoxy) is 3. The molecule has 3 rings (SSSR count). The van der Waals surface area contributed by atoms with Crippen molar-refractivity contribution in [2.24, 2.45) is 0 Å². The van der Waals surface area contributed by atoms with Gasteiger partial charge in [-0.25, -0.2) is 0 Å². The summed E-state index contributed by atoms with van der Waals surface area (Å²) in [5.74, 6) is -0.927. The summed E-state index contributed by atoms with van der Waals surface area (Å²) in [4.78, 5) is 5.80. The highest BCUT2D eigenvalue weighted by Gasteiger charge is 2.41. The Morgan fingerprint density at radius 1 is 1.03 bits per heavy atom. The Morgan fingerprint density at radius 2 is 1.73 bits per heavy atom. The molecule has 0 unspecified atom stereocenters. The van der Waals surface area contributed by atoms with Crippen molar-refractivity contribution in [1.82, 2.24) is 5.48 Å². The monoisotopic (exact) mass is 521 g/mol. The number of nitrogens with one attached hydrogen (secondary N) is 1. The molecule has 1 fully saturated rings. The van der Waals surface area contributed by atoms with E-state index in [2.05, 4.69) is 5.48 Å². The first-order valence-electron chi connectivity index (χ1n) is 12.5. The summed E-state index contributed by atoms with van der Waals surface area (Å²) in [5.41, 5.74) is 3.74. The van der Waals surface area contributed by atoms with E-state index in [1.54, 1.807) is 12.1 Å². The Hall–Kier alpha value is -2.39. The van der Waals surface area contributed by atoms with Gasteiger partial charge in [0.2, 0.25) is 0 Å². The van der Waals surface area contributed by atoms with Crippen LogP contribution in [0.3, 0.4) is 0 Å². The fourth-order valence-electron chi connectivity index (χ4n) is 3.78. The van der Waals surface area contributed by atoms with Crippen molar-refractivity contribution in [1.29, 1.82) is 0 Å². The highest BCUT2D eigenvalue weighted by molar-refractivity contribution is 5.50. The molecule has 37 heavy (non-hydrogen) atoms. The third kappa shape index (κ3) is 9.14. The van der Waals surface area contributed by atoms with Gasteiger partial charge in [0.15, 0.2) is 5.79 Å². The van der Waals surface area contributed by atoms with Gasteiger partial charge in [-0.2, -0.15) is 18.7 Å². The van der Waals surface area contributed by atoms with Gasteiger partial charge in [0.1, 0.15) is 12.4 Å². The van der Waals surface area contributed by atoms with Gasteiger partial charge >= 0.3 is 6.18 Å². The maximum Gasteiger partial charge on any atom is 0.419 e. The number of rotatable bonds is 9. The summed E-state index contributed by atoms with van der Waals surface area (Å²) in [6, 6.07) is 12.0. The van der Waals surface area contributed by atoms with E-state index in [-0.39, 0.29) is 12.4 Å². The van der Waals surface area contributed by atoms with Crippen LogP contribution < -0.4 is 10.2 Å². The van der Waals surface area contributed by atoms with Gasteiger partial charge in [-0.15, -0.1) is 0 Å². The Labute approximate surface area is 217 Å². The Kier molecular flexibility index (Phi) is 9.11. The summed E-state index contributed by atoms with van der Waals surface area (Å²) < 4.78 is 58.9. The molecule has 1 heterocycles. The fourth-order valence-corrected chi connectivity index (χ4v) is 3.78. The normalized spacial score (nSPS) is 17.8. The molecule has 5 nitrogen and oxygen atoms in total. The molecule has 0 amide bonds. The van der Waals surface area contributed by atoms with E-state index in [0.29, 0.717) is 31.6 Å². The Balaban J connectivity index is 1.70. The van der Waals surface area contributed by atoms with Gasteiger partial charge in [0, 0.05) is 0 Å². The molecule has 8 heteroatoms. The van der Waals surface area contributed by atoms with Gasteiger partial charge in [0.05, 0.1) is 29.9 Å². The van der Waals surface area contributed by atoms with Crippen molar-refractivity contribution in [3.05, 3.63) is 70.8 Å². The van der Waals surface area contributed by atoms with Crippen molar-refractivity contribution < 1.29 is 32.2 Å². The average Bonchev–Trinajstić information content (AvgIpc) is 2.80. The van der Waals surface area contributed by atoms with Crippen LogP contribution in [0.5, 0.6) is 5.75 Å². The smallest absolute Gasteiger partial charge is 0.419 e. The second-order valence-electron chi connectivity index (χ2n) is 11.0. The van der Waals surface area contributed by atoms with E-state index < -0.39 is 28.7 Å². The van der Waals surface area contributed by atoms with Crippen LogP contribution in [0.25, 0.3) is 6.08 Å². The predicted molar refractivity (Wildman–Crippen MR) is 138 cm³/mol. The van der Waals surface area contributed by atoms with Crippen molar-refractivity contribution in [3.63, 3.8) is 0 Å². The van der Waals surface area contributed by atoms with Crippen molar-refractivity contribution in [3.8, 4) is 5.75 Å². The lowest BCUT2D eigenvalue weighted by atomic mass is 9.91. The van der Waals surface area contributed by atoms with Gasteiger partial charge in [-0.3, -0.25) is 4.84 Å². The number of halogens is 3. The lowest BCUT2D eigenvalue weighted by Gasteiger charge is -2.44. The minimum Gasteiger partial charge on any atom is -0.489 e. The standard InChI is InChI=1S/C29H38F3NO4/c1-21-9-7-10-22(17-21)11-8-16-34-25-13-12-23(18-24(25)29(30,31)32)14-15-28(33-37-26(2,3)4)19-35-27(5,6)36-20-28/h7-13,17-18,33H,14-16,19-20H2,1-6H3/b11-8+. The van der Waals surface area contributed by atoms with Crippen molar-refractivity contribution in [2.75, 3.05) is 19.8 Å². The fraction of sp³-hybridized carbons (Fsp3) is 0.517. The maximum atomic E-state index is 13.9. The first-order chi connectivity index (χ1) is 17.2. The molecule has 0 aliphatic carbocycles. The largest absolute Gasteiger partial charge is 0.489 e. The van der Waals surface area contributed by atoms with Gasteiger partial charge in [-0.05, 0) is 83.7 Å². The zero-order valence-electron chi connectivity index (χ0n) is 22.5. The van der Waals surface area contributed by atoms with Crippen LogP contribution in [0.1, 0.15) is 63.3 Å². The summed E-state index contributed by atoms with van der Waals surface area (Å²) in [6.45, 7) is 12.0. The molecule has 0 spiro atoms. The third-order valence-corrected chi connectivity index (χ3v) is 5.89. The minimum atomic E-state index is -4.54. The molecule has 1 saturated heterocycles. The van der Waals surface area contributed by atoms with Crippen molar-refractivity contribution in [2.45, 2.75) is 77.5 Å². The molecule has 0 atom stereocenters. The Bertz CT molecular complexity index is 1060. The van der Waals surface area contributed by atoms with Gasteiger partial charge < -0.3 is 14.2 Å². The zero-order valence-corrected chi connectivity index (χ0v) is 22.5. The highest BCUT2D eigenvalue weighted by Crippen LogP contribution is 2.37. The molecule has 1 aliphatic rings. The van der Waals surface area contributed by atoms with Crippen LogP contribution in [0, 0.1) is 6.92 Å². The highest BCUT2D eigenvalue weighted by atomic mass is 19.4. The molecule has 1 N–H and O–H groups in total. The quantitative estimate of drug-likeness (QED) is 0.365. The summed E-state index contributed by atoms with van der Waals surface area (Å²) in [5, 5.41) is 0. The van der Waals surface area contributed by atoms with Gasteiger partial charge in [0.25, 0.3) is 0 Å². The van der Waals surface area contributed by atoms with Crippen LogP contribution in [0.2, 0.25) is 0 Å². The molecular weight excluding hydrogens is 483 g/mol. The molecule has 0 saturated carbocycles. The first kappa shape index (κ1) is 29.2. The van der Waals surface area contributed by atoms with E-state index in [1.807, 2.05) is 71.9 Å². The number of alkyl halides is 3. The lowest BCUT2D eigenvalue weighted by molar-refractivity contribution is -0.291. The second kappa shape index (κ2) is 11.6. The van der Waals surface area contributed by atoms with Gasteiger partial charge in [-0.1, -0.05) is 42.0 Å². The summed E-state index contributed by atoms with van der Waals surface area (Å²) >= 11 is 0. The maximum absolute atomic E-state index is 13.9. The second-order valence-corrected chi connectivity index (χ2v) is 11.0. The zero-order chi connectivity index (χ0) is 27.3. The number of benzene rings is 2. The van der Waals surface area contributed by atoms with E-state index in [1.165, 1.54) is 6.07 Å². The average molecular weight is 522 g/mol. The molecule has 2 aromatic rings. The number of hydroxylamine groups is 1. The molecule has 0 aromatic heterocycles. The van der Waals surface area contributed by atoms with Crippen molar-refractivity contribution >= 4 is 6.08 Å². The molecule has 2 aromatic carbocycles. The van der Waals surface area contributed by atoms with Crippen LogP contribution in [-0.4, -0.2) is 36.7 Å². The minimum absolute atomic E-state index is 0.0258. The predicted octanol–water partition coefficient (Wildman–Crippen LogP) is 6.88. The van der Waals surface area contributed by atoms with E-state index >= 15 is 0 Å². The number of hydrogen-bond donors (Lipinski definition) is 1. The van der Waals surface area contributed by atoms with Crippen LogP contribution in [-0.2, 0) is 26.9 Å². The molecule has 0 bridgehead atoms. The first-order valence-corrected chi connectivity index (χ1v) is 12.5. The van der Waals surface area contributed by atoms with E-state index in [4.69, 9.17) is 19.0 Å². The third-order valence-electron chi connectivity index (χ3n) is 5.89. The molecule has 204 valence electrons. The topological polar surface area (TPSA) is 49.0 Å². The van der Waals surface area contributed by atoms with Crippen LogP contribution >= 0.6 is 0 Å². The van der Waals surface area contributed by atoms with Crippen LogP contribution in [0.4, 0.5) is 13.2 Å². The molecular formula is C29H38F3NO4. The lowest BCUT2D eigenvalue weighted by Crippen LogP contribution is -2.60. The SMILES string of the molecule is Cc1cccc(/C=C/COc2ccc(CCC3(NOC(C)(C)C)COC(C)(C)OC3)cc2C(F)(F)F)c1. The summed E-state index contributed by atoms with van der Waals surface area (Å²) in [6.07, 6.45) is -0.188. The van der Waals surface area contributed by atoms with E-state index in [9.17, 15) is 13.2 Å². The molecule has 1 aliphatic heterocycles. The van der Waals surface area contributed by atoms with E-state index in [0.717, 1.165) is 17.2 Å². The Morgan fingerprint density at radius 3 is 2.35 bits per heavy atom. The summed E-state index contributed by atoms with van der Waals surface area (Å²) in [7, 11) is 0. The number of aryl methyl sites for hydroxylation is 2.